The van der Waals surface area contributed by atoms with Gasteiger partial charge in [0.1, 0.15) is 0 Å². The van der Waals surface area contributed by atoms with Crippen LogP contribution in [0.2, 0.25) is 0 Å². The summed E-state index contributed by atoms with van der Waals surface area (Å²) in [6.07, 6.45) is 4.50. The molecule has 1 heterocycles. The van der Waals surface area contributed by atoms with Gasteiger partial charge >= 0.3 is 0 Å². The van der Waals surface area contributed by atoms with Crippen molar-refractivity contribution in [2.45, 2.75) is 18.3 Å². The first kappa shape index (κ1) is 5.39. The summed E-state index contributed by atoms with van der Waals surface area (Å²) in [7, 11) is 0. The zero-order chi connectivity index (χ0) is 5.11. The number of hydrogen-bond acceptors (Lipinski definition) is 1. The summed E-state index contributed by atoms with van der Waals surface area (Å²) in [5.74, 6) is 0. The molecule has 1 saturated heterocycles. The molecule has 0 amide bonds. The summed E-state index contributed by atoms with van der Waals surface area (Å²) in [6, 6.07) is 0. The van der Waals surface area contributed by atoms with E-state index in [2.05, 4.69) is 11.7 Å². The molecule has 7 heavy (non-hydrogen) atoms. The maximum Gasteiger partial charge on any atom is 0.0857 e. The molecule has 1 nitrogen and oxygen atoms in total. The Hall–Kier alpha value is 0.250. The van der Waals surface area contributed by atoms with E-state index >= 15 is 0 Å². The van der Waals surface area contributed by atoms with E-state index in [-0.39, 0.29) is 5.50 Å². The molecule has 0 aromatic rings. The average molecular weight is 119 g/mol. The van der Waals surface area contributed by atoms with E-state index in [1.165, 1.54) is 12.8 Å². The van der Waals surface area contributed by atoms with Gasteiger partial charge in [-0.25, -0.2) is 0 Å². The highest BCUT2D eigenvalue weighted by molar-refractivity contribution is 6.21. The molecule has 1 fully saturated rings. The van der Waals surface area contributed by atoms with Gasteiger partial charge < -0.3 is 5.32 Å². The molecule has 0 bridgehead atoms. The van der Waals surface area contributed by atoms with Crippen LogP contribution in [0.25, 0.3) is 0 Å². The van der Waals surface area contributed by atoms with Gasteiger partial charge in [0.25, 0.3) is 0 Å². The molecule has 0 spiro atoms. The fourth-order valence-corrected chi connectivity index (χ4v) is 0.925. The van der Waals surface area contributed by atoms with E-state index in [0.717, 1.165) is 6.54 Å². The SMILES string of the molecule is ClC1[CH]CCCN1. The molecule has 1 radical (unpaired) electrons. The zero-order valence-corrected chi connectivity index (χ0v) is 4.91. The fourth-order valence-electron chi connectivity index (χ4n) is 0.690. The molecule has 2 heteroatoms. The van der Waals surface area contributed by atoms with Crippen molar-refractivity contribution in [1.82, 2.24) is 5.32 Å². The van der Waals surface area contributed by atoms with Crippen molar-refractivity contribution >= 4 is 11.6 Å². The summed E-state index contributed by atoms with van der Waals surface area (Å²) < 4.78 is 0. The van der Waals surface area contributed by atoms with Crippen LogP contribution in [0.15, 0.2) is 0 Å². The summed E-state index contributed by atoms with van der Waals surface area (Å²) >= 11 is 5.65. The first-order chi connectivity index (χ1) is 3.39. The minimum Gasteiger partial charge on any atom is -0.301 e. The maximum absolute atomic E-state index is 5.65. The molecule has 1 aliphatic rings. The van der Waals surface area contributed by atoms with Gasteiger partial charge in [0.2, 0.25) is 0 Å². The molecular weight excluding hydrogens is 110 g/mol. The topological polar surface area (TPSA) is 12.0 Å². The van der Waals surface area contributed by atoms with Crippen molar-refractivity contribution in [3.8, 4) is 0 Å². The Kier molecular flexibility index (Phi) is 1.95. The summed E-state index contributed by atoms with van der Waals surface area (Å²) in [4.78, 5) is 0. The van der Waals surface area contributed by atoms with Gasteiger partial charge in [0, 0.05) is 0 Å². The van der Waals surface area contributed by atoms with Crippen molar-refractivity contribution in [1.29, 1.82) is 0 Å². The van der Waals surface area contributed by atoms with E-state index in [1.807, 2.05) is 0 Å². The fraction of sp³-hybridized carbons (Fsp3) is 0.800. The van der Waals surface area contributed by atoms with Crippen LogP contribution in [0.1, 0.15) is 12.8 Å². The first-order valence-corrected chi connectivity index (χ1v) is 3.04. The highest BCUT2D eigenvalue weighted by atomic mass is 35.5. The van der Waals surface area contributed by atoms with E-state index < -0.39 is 0 Å². The van der Waals surface area contributed by atoms with Crippen LogP contribution in [0.3, 0.4) is 0 Å². The van der Waals surface area contributed by atoms with Gasteiger partial charge in [0.05, 0.1) is 5.50 Å². The Bertz CT molecular complexity index is 50.0. The smallest absolute Gasteiger partial charge is 0.0857 e. The van der Waals surface area contributed by atoms with Crippen molar-refractivity contribution in [2.24, 2.45) is 0 Å². The van der Waals surface area contributed by atoms with Crippen molar-refractivity contribution in [3.05, 3.63) is 6.42 Å². The van der Waals surface area contributed by atoms with Crippen LogP contribution >= 0.6 is 11.6 Å². The lowest BCUT2D eigenvalue weighted by atomic mass is 10.2. The number of halogens is 1. The highest BCUT2D eigenvalue weighted by Gasteiger charge is 2.06. The summed E-state index contributed by atoms with van der Waals surface area (Å²) in [6.45, 7) is 1.07. The van der Waals surface area contributed by atoms with Crippen molar-refractivity contribution in [3.63, 3.8) is 0 Å². The number of alkyl halides is 1. The Morgan fingerprint density at radius 1 is 1.71 bits per heavy atom. The lowest BCUT2D eigenvalue weighted by Crippen LogP contribution is -2.29. The number of piperidine rings is 1. The third-order valence-corrected chi connectivity index (χ3v) is 1.43. The van der Waals surface area contributed by atoms with Crippen molar-refractivity contribution < 1.29 is 0 Å². The van der Waals surface area contributed by atoms with E-state index in [1.54, 1.807) is 0 Å². The molecule has 1 atom stereocenters. The lowest BCUT2D eigenvalue weighted by Gasteiger charge is -2.15. The number of rotatable bonds is 0. The molecule has 0 aromatic heterocycles. The molecule has 1 aliphatic heterocycles. The highest BCUT2D eigenvalue weighted by Crippen LogP contribution is 2.07. The van der Waals surface area contributed by atoms with Crippen LogP contribution in [-0.2, 0) is 0 Å². The molecule has 1 unspecified atom stereocenters. The second kappa shape index (κ2) is 2.53. The minimum atomic E-state index is 0.133. The Morgan fingerprint density at radius 3 is 2.86 bits per heavy atom. The van der Waals surface area contributed by atoms with Crippen LogP contribution in [0, 0.1) is 6.42 Å². The Labute approximate surface area is 49.0 Å². The zero-order valence-electron chi connectivity index (χ0n) is 4.15. The second-order valence-corrected chi connectivity index (χ2v) is 2.20. The molecule has 1 N–H and O–H groups in total. The molecule has 0 saturated carbocycles. The van der Waals surface area contributed by atoms with Gasteiger partial charge in [-0.15, -0.1) is 11.6 Å². The molecular formula is C5H9ClN. The van der Waals surface area contributed by atoms with Gasteiger partial charge in [-0.3, -0.25) is 0 Å². The van der Waals surface area contributed by atoms with Crippen LogP contribution in [-0.4, -0.2) is 12.0 Å². The van der Waals surface area contributed by atoms with Gasteiger partial charge in [0.15, 0.2) is 0 Å². The molecule has 0 aromatic carbocycles. The average Bonchev–Trinajstić information content (AvgIpc) is 1.69. The first-order valence-electron chi connectivity index (χ1n) is 2.60. The van der Waals surface area contributed by atoms with Crippen LogP contribution in [0.4, 0.5) is 0 Å². The Morgan fingerprint density at radius 2 is 2.57 bits per heavy atom. The molecule has 1 rings (SSSR count). The predicted molar refractivity (Wildman–Crippen MR) is 31.2 cm³/mol. The quantitative estimate of drug-likeness (QED) is 0.372. The monoisotopic (exact) mass is 118 g/mol. The summed E-state index contributed by atoms with van der Waals surface area (Å²) in [5.41, 5.74) is 0.133. The van der Waals surface area contributed by atoms with Crippen molar-refractivity contribution in [2.75, 3.05) is 6.54 Å². The van der Waals surface area contributed by atoms with Gasteiger partial charge in [-0.05, 0) is 25.8 Å². The van der Waals surface area contributed by atoms with Gasteiger partial charge in [-0.1, -0.05) is 0 Å². The van der Waals surface area contributed by atoms with Crippen LogP contribution < -0.4 is 5.32 Å². The van der Waals surface area contributed by atoms with Crippen LogP contribution in [0.5, 0.6) is 0 Å². The largest absolute Gasteiger partial charge is 0.301 e. The standard InChI is InChI=1S/C5H9ClN/c6-5-3-1-2-4-7-5/h3,5,7H,1-2,4H2. The number of nitrogens with one attached hydrogen (secondary N) is 1. The minimum absolute atomic E-state index is 0.133. The van der Waals surface area contributed by atoms with E-state index in [9.17, 15) is 0 Å². The van der Waals surface area contributed by atoms with E-state index in [0.29, 0.717) is 0 Å². The molecule has 41 valence electrons. The Balaban J connectivity index is 2.12. The van der Waals surface area contributed by atoms with E-state index in [4.69, 9.17) is 11.6 Å². The molecule has 0 aliphatic carbocycles. The lowest BCUT2D eigenvalue weighted by molar-refractivity contribution is 0.572. The maximum atomic E-state index is 5.65. The number of hydrogen-bond donors (Lipinski definition) is 1. The third-order valence-electron chi connectivity index (χ3n) is 1.09. The van der Waals surface area contributed by atoms with Gasteiger partial charge in [-0.2, -0.15) is 0 Å². The second-order valence-electron chi connectivity index (χ2n) is 1.73. The third kappa shape index (κ3) is 1.66. The predicted octanol–water partition coefficient (Wildman–Crippen LogP) is 1.14. The summed E-state index contributed by atoms with van der Waals surface area (Å²) in [5, 5.41) is 3.09. The normalized spacial score (nSPS) is 33.0.